The molecule has 2 N–H and O–H groups in total. The van der Waals surface area contributed by atoms with E-state index in [1.807, 2.05) is 26.0 Å². The van der Waals surface area contributed by atoms with Crippen molar-refractivity contribution in [2.45, 2.75) is 45.8 Å². The van der Waals surface area contributed by atoms with Crippen LogP contribution in [0.3, 0.4) is 0 Å². The highest BCUT2D eigenvalue weighted by molar-refractivity contribution is 5.25. The molecule has 0 saturated heterocycles. The van der Waals surface area contributed by atoms with Crippen LogP contribution in [0.1, 0.15) is 32.8 Å². The van der Waals surface area contributed by atoms with Gasteiger partial charge in [-0.15, -0.1) is 0 Å². The fourth-order valence-electron chi connectivity index (χ4n) is 1.75. The predicted octanol–water partition coefficient (Wildman–Crippen LogP) is 2.73. The van der Waals surface area contributed by atoms with Crippen LogP contribution >= 0.6 is 0 Å². The van der Waals surface area contributed by atoms with Gasteiger partial charge in [-0.25, -0.2) is 0 Å². The average molecular weight is 251 g/mol. The Balaban J connectivity index is 2.13. The number of hydrogen-bond acceptors (Lipinski definition) is 3. The fourth-order valence-corrected chi connectivity index (χ4v) is 1.75. The van der Waals surface area contributed by atoms with Crippen molar-refractivity contribution < 1.29 is 9.84 Å². The molecular weight excluding hydrogens is 226 g/mol. The van der Waals surface area contributed by atoms with Crippen molar-refractivity contribution in [1.29, 1.82) is 0 Å². The topological polar surface area (TPSA) is 41.5 Å². The SMILES string of the molecule is CC(CCc1ccc(O)cc1)NCCOC(C)C. The average Bonchev–Trinajstić information content (AvgIpc) is 2.34. The van der Waals surface area contributed by atoms with Gasteiger partial charge in [0, 0.05) is 12.6 Å². The van der Waals surface area contributed by atoms with Crippen molar-refractivity contribution in [3.8, 4) is 5.75 Å². The molecule has 0 bridgehead atoms. The number of rotatable bonds is 8. The zero-order valence-corrected chi connectivity index (χ0v) is 11.6. The number of aromatic hydroxyl groups is 1. The summed E-state index contributed by atoms with van der Waals surface area (Å²) < 4.78 is 5.48. The Kier molecular flexibility index (Phi) is 6.76. The number of benzene rings is 1. The van der Waals surface area contributed by atoms with Gasteiger partial charge in [-0.3, -0.25) is 0 Å². The maximum Gasteiger partial charge on any atom is 0.115 e. The van der Waals surface area contributed by atoms with Gasteiger partial charge in [0.25, 0.3) is 0 Å². The van der Waals surface area contributed by atoms with Gasteiger partial charge >= 0.3 is 0 Å². The Bertz CT molecular complexity index is 322. The van der Waals surface area contributed by atoms with Gasteiger partial charge in [0.05, 0.1) is 12.7 Å². The zero-order valence-electron chi connectivity index (χ0n) is 11.6. The third kappa shape index (κ3) is 6.62. The van der Waals surface area contributed by atoms with Crippen LogP contribution in [0.2, 0.25) is 0 Å². The number of aryl methyl sites for hydroxylation is 1. The zero-order chi connectivity index (χ0) is 13.4. The highest BCUT2D eigenvalue weighted by Crippen LogP contribution is 2.11. The van der Waals surface area contributed by atoms with Crippen molar-refractivity contribution in [2.24, 2.45) is 0 Å². The molecule has 18 heavy (non-hydrogen) atoms. The Labute approximate surface area is 110 Å². The normalized spacial score (nSPS) is 12.9. The van der Waals surface area contributed by atoms with E-state index in [0.717, 1.165) is 26.0 Å². The van der Waals surface area contributed by atoms with Crippen LogP contribution in [-0.4, -0.2) is 30.4 Å². The second-order valence-corrected chi connectivity index (χ2v) is 4.98. The molecule has 0 saturated carbocycles. The molecule has 1 atom stereocenters. The summed E-state index contributed by atoms with van der Waals surface area (Å²) in [5.41, 5.74) is 1.26. The van der Waals surface area contributed by atoms with Crippen molar-refractivity contribution in [3.63, 3.8) is 0 Å². The first-order valence-corrected chi connectivity index (χ1v) is 6.71. The lowest BCUT2D eigenvalue weighted by atomic mass is 10.1. The second-order valence-electron chi connectivity index (χ2n) is 4.98. The summed E-state index contributed by atoms with van der Waals surface area (Å²) in [5, 5.41) is 12.6. The molecular formula is C15H25NO2. The molecule has 0 aliphatic heterocycles. The Morgan fingerprint density at radius 2 is 1.83 bits per heavy atom. The van der Waals surface area contributed by atoms with Gasteiger partial charge in [0.2, 0.25) is 0 Å². The summed E-state index contributed by atoms with van der Waals surface area (Å²) in [7, 11) is 0. The van der Waals surface area contributed by atoms with E-state index in [0.29, 0.717) is 17.9 Å². The molecule has 0 aliphatic rings. The molecule has 3 nitrogen and oxygen atoms in total. The van der Waals surface area contributed by atoms with E-state index in [9.17, 15) is 5.11 Å². The summed E-state index contributed by atoms with van der Waals surface area (Å²) in [5.74, 6) is 0.329. The van der Waals surface area contributed by atoms with Crippen LogP contribution in [-0.2, 0) is 11.2 Å². The summed E-state index contributed by atoms with van der Waals surface area (Å²) in [6.45, 7) is 7.95. The highest BCUT2D eigenvalue weighted by Gasteiger charge is 2.02. The van der Waals surface area contributed by atoms with Crippen LogP contribution in [0.15, 0.2) is 24.3 Å². The third-order valence-corrected chi connectivity index (χ3v) is 2.85. The number of phenolic OH excluding ortho intramolecular Hbond substituents is 1. The third-order valence-electron chi connectivity index (χ3n) is 2.85. The summed E-state index contributed by atoms with van der Waals surface area (Å²) in [4.78, 5) is 0. The Morgan fingerprint density at radius 1 is 1.17 bits per heavy atom. The molecule has 102 valence electrons. The molecule has 0 spiro atoms. The second kappa shape index (κ2) is 8.11. The molecule has 3 heteroatoms. The molecule has 0 heterocycles. The van der Waals surface area contributed by atoms with E-state index in [4.69, 9.17) is 4.74 Å². The predicted molar refractivity (Wildman–Crippen MR) is 75.0 cm³/mol. The van der Waals surface area contributed by atoms with E-state index >= 15 is 0 Å². The van der Waals surface area contributed by atoms with Crippen molar-refractivity contribution in [2.75, 3.05) is 13.2 Å². The molecule has 0 radical (unpaired) electrons. The number of phenols is 1. The number of nitrogens with one attached hydrogen (secondary N) is 1. The van der Waals surface area contributed by atoms with E-state index in [1.165, 1.54) is 5.56 Å². The van der Waals surface area contributed by atoms with Gasteiger partial charge in [0.1, 0.15) is 5.75 Å². The first kappa shape index (κ1) is 15.0. The van der Waals surface area contributed by atoms with Gasteiger partial charge in [0.15, 0.2) is 0 Å². The molecule has 1 unspecified atom stereocenters. The molecule has 0 aliphatic carbocycles. The lowest BCUT2D eigenvalue weighted by Gasteiger charge is -2.14. The monoisotopic (exact) mass is 251 g/mol. The van der Waals surface area contributed by atoms with Gasteiger partial charge in [-0.05, 0) is 51.3 Å². The summed E-state index contributed by atoms with van der Waals surface area (Å²) in [6, 6.07) is 7.91. The van der Waals surface area contributed by atoms with Crippen LogP contribution in [0.5, 0.6) is 5.75 Å². The molecule has 1 aromatic carbocycles. The molecule has 0 fully saturated rings. The quantitative estimate of drug-likeness (QED) is 0.698. The molecule has 0 amide bonds. The Morgan fingerprint density at radius 3 is 2.44 bits per heavy atom. The van der Waals surface area contributed by atoms with Crippen LogP contribution in [0, 0.1) is 0 Å². The lowest BCUT2D eigenvalue weighted by Crippen LogP contribution is -2.30. The van der Waals surface area contributed by atoms with E-state index in [-0.39, 0.29) is 0 Å². The first-order chi connectivity index (χ1) is 8.58. The van der Waals surface area contributed by atoms with Crippen LogP contribution in [0.4, 0.5) is 0 Å². The molecule has 1 rings (SSSR count). The van der Waals surface area contributed by atoms with Gasteiger partial charge in [-0.2, -0.15) is 0 Å². The van der Waals surface area contributed by atoms with Crippen LogP contribution in [0.25, 0.3) is 0 Å². The number of ether oxygens (including phenoxy) is 1. The van der Waals surface area contributed by atoms with Crippen LogP contribution < -0.4 is 5.32 Å². The van der Waals surface area contributed by atoms with Gasteiger partial charge < -0.3 is 15.2 Å². The fraction of sp³-hybridized carbons (Fsp3) is 0.600. The van der Waals surface area contributed by atoms with E-state index in [1.54, 1.807) is 12.1 Å². The highest BCUT2D eigenvalue weighted by atomic mass is 16.5. The minimum Gasteiger partial charge on any atom is -0.508 e. The molecule has 0 aromatic heterocycles. The minimum absolute atomic E-state index is 0.305. The Hall–Kier alpha value is -1.06. The van der Waals surface area contributed by atoms with Crippen molar-refractivity contribution in [1.82, 2.24) is 5.32 Å². The maximum absolute atomic E-state index is 9.20. The molecule has 1 aromatic rings. The van der Waals surface area contributed by atoms with Gasteiger partial charge in [-0.1, -0.05) is 12.1 Å². The first-order valence-electron chi connectivity index (χ1n) is 6.71. The smallest absolute Gasteiger partial charge is 0.115 e. The van der Waals surface area contributed by atoms with Crippen molar-refractivity contribution >= 4 is 0 Å². The largest absolute Gasteiger partial charge is 0.508 e. The summed E-state index contributed by atoms with van der Waals surface area (Å²) >= 11 is 0. The standard InChI is InChI=1S/C15H25NO2/c1-12(2)18-11-10-16-13(3)4-5-14-6-8-15(17)9-7-14/h6-9,12-13,16-17H,4-5,10-11H2,1-3H3. The lowest BCUT2D eigenvalue weighted by molar-refractivity contribution is 0.0795. The van der Waals surface area contributed by atoms with E-state index in [2.05, 4.69) is 12.2 Å². The minimum atomic E-state index is 0.305. The maximum atomic E-state index is 9.20. The number of hydrogen-bond donors (Lipinski definition) is 2. The van der Waals surface area contributed by atoms with E-state index < -0.39 is 0 Å². The van der Waals surface area contributed by atoms with Crippen molar-refractivity contribution in [3.05, 3.63) is 29.8 Å². The summed E-state index contributed by atoms with van der Waals surface area (Å²) in [6.07, 6.45) is 2.42.